The van der Waals surface area contributed by atoms with Crippen molar-refractivity contribution in [3.63, 3.8) is 0 Å². The molecule has 4 heteroatoms. The SMILES string of the molecule is OCCOCCOCC[N+]12CCC(CC1)CC2. The predicted octanol–water partition coefficient (Wildman–Crippen LogP) is 0.642. The molecular weight excluding hydrogens is 218 g/mol. The third-order valence-electron chi connectivity index (χ3n) is 4.35. The molecule has 0 aromatic rings. The number of ether oxygens (including phenoxy) is 2. The molecule has 0 aromatic carbocycles. The van der Waals surface area contributed by atoms with Crippen molar-refractivity contribution < 1.29 is 19.1 Å². The molecule has 0 aromatic heterocycles. The Morgan fingerprint density at radius 3 is 2.06 bits per heavy atom. The fourth-order valence-corrected chi connectivity index (χ4v) is 3.12. The average Bonchev–Trinajstić information content (AvgIpc) is 2.40. The second-order valence-electron chi connectivity index (χ2n) is 5.42. The Morgan fingerprint density at radius 1 is 0.882 bits per heavy atom. The summed E-state index contributed by atoms with van der Waals surface area (Å²) >= 11 is 0. The van der Waals surface area contributed by atoms with Crippen molar-refractivity contribution in [2.24, 2.45) is 5.92 Å². The summed E-state index contributed by atoms with van der Waals surface area (Å²) in [5, 5.41) is 8.54. The molecule has 4 nitrogen and oxygen atoms in total. The van der Waals surface area contributed by atoms with Gasteiger partial charge in [-0.05, 0) is 25.2 Å². The second kappa shape index (κ2) is 6.69. The summed E-state index contributed by atoms with van der Waals surface area (Å²) in [6.45, 7) is 7.91. The first-order valence-electron chi connectivity index (χ1n) is 6.96. The molecule has 0 aliphatic carbocycles. The highest BCUT2D eigenvalue weighted by Gasteiger charge is 2.39. The van der Waals surface area contributed by atoms with Gasteiger partial charge in [-0.2, -0.15) is 0 Å². The molecule has 3 heterocycles. The minimum absolute atomic E-state index is 0.0984. The fraction of sp³-hybridized carbons (Fsp3) is 1.00. The molecule has 3 aliphatic heterocycles. The Morgan fingerprint density at radius 2 is 1.47 bits per heavy atom. The molecule has 0 radical (unpaired) electrons. The maximum Gasteiger partial charge on any atom is 0.102 e. The van der Waals surface area contributed by atoms with Gasteiger partial charge in [0.25, 0.3) is 0 Å². The van der Waals surface area contributed by atoms with Crippen LogP contribution in [0.5, 0.6) is 0 Å². The van der Waals surface area contributed by atoms with Gasteiger partial charge in [-0.1, -0.05) is 0 Å². The largest absolute Gasteiger partial charge is 0.394 e. The van der Waals surface area contributed by atoms with Crippen molar-refractivity contribution in [3.05, 3.63) is 0 Å². The van der Waals surface area contributed by atoms with Crippen LogP contribution in [-0.2, 0) is 9.47 Å². The molecule has 0 amide bonds. The molecule has 0 atom stereocenters. The minimum atomic E-state index is 0.0984. The lowest BCUT2D eigenvalue weighted by atomic mass is 9.86. The highest BCUT2D eigenvalue weighted by molar-refractivity contribution is 4.71. The van der Waals surface area contributed by atoms with Crippen LogP contribution >= 0.6 is 0 Å². The number of quaternary nitrogens is 1. The Kier molecular flexibility index (Phi) is 5.22. The second-order valence-corrected chi connectivity index (χ2v) is 5.42. The number of hydrogen-bond donors (Lipinski definition) is 1. The standard InChI is InChI=1S/C13H26NO3/c15-8-10-17-12-11-16-9-7-14-4-1-13(2-5-14)3-6-14/h13,15H,1-12H2/q+1. The van der Waals surface area contributed by atoms with Crippen molar-refractivity contribution in [3.8, 4) is 0 Å². The zero-order chi connectivity index (χ0) is 12.0. The van der Waals surface area contributed by atoms with Crippen LogP contribution in [0.4, 0.5) is 0 Å². The molecule has 2 bridgehead atoms. The zero-order valence-electron chi connectivity index (χ0n) is 10.8. The summed E-state index contributed by atoms with van der Waals surface area (Å²) in [6, 6.07) is 0. The Hall–Kier alpha value is -0.160. The first kappa shape index (κ1) is 13.3. The van der Waals surface area contributed by atoms with Crippen molar-refractivity contribution in [1.29, 1.82) is 0 Å². The van der Waals surface area contributed by atoms with E-state index in [0.717, 1.165) is 12.5 Å². The molecule has 0 saturated carbocycles. The van der Waals surface area contributed by atoms with E-state index >= 15 is 0 Å². The number of nitrogens with zero attached hydrogens (tertiary/aromatic N) is 1. The molecule has 3 fully saturated rings. The van der Waals surface area contributed by atoms with Crippen LogP contribution in [0.3, 0.4) is 0 Å². The number of piperidine rings is 3. The summed E-state index contributed by atoms with van der Waals surface area (Å²) in [7, 11) is 0. The third-order valence-corrected chi connectivity index (χ3v) is 4.35. The van der Waals surface area contributed by atoms with Crippen molar-refractivity contribution >= 4 is 0 Å². The van der Waals surface area contributed by atoms with Gasteiger partial charge in [0.05, 0.1) is 52.7 Å². The maximum atomic E-state index is 8.54. The lowest BCUT2D eigenvalue weighted by molar-refractivity contribution is -0.942. The summed E-state index contributed by atoms with van der Waals surface area (Å²) in [5.41, 5.74) is 0. The lowest BCUT2D eigenvalue weighted by Gasteiger charge is -2.49. The molecule has 1 N–H and O–H groups in total. The number of hydrogen-bond acceptors (Lipinski definition) is 3. The molecule has 3 rings (SSSR count). The minimum Gasteiger partial charge on any atom is -0.394 e. The first-order valence-corrected chi connectivity index (χ1v) is 6.96. The van der Waals surface area contributed by atoms with E-state index in [2.05, 4.69) is 0 Å². The predicted molar refractivity (Wildman–Crippen MR) is 65.8 cm³/mol. The van der Waals surface area contributed by atoms with Crippen LogP contribution < -0.4 is 0 Å². The number of fused-ring (bicyclic) bond motifs is 3. The van der Waals surface area contributed by atoms with Crippen molar-refractivity contribution in [2.75, 3.05) is 59.2 Å². The fourth-order valence-electron chi connectivity index (χ4n) is 3.12. The Balaban J connectivity index is 1.52. The summed E-state index contributed by atoms with van der Waals surface area (Å²) in [6.07, 6.45) is 4.29. The highest BCUT2D eigenvalue weighted by atomic mass is 16.5. The summed E-state index contributed by atoms with van der Waals surface area (Å²) < 4.78 is 12.1. The molecule has 0 unspecified atom stereocenters. The Labute approximate surface area is 104 Å². The number of aliphatic hydroxyl groups excluding tert-OH is 1. The monoisotopic (exact) mass is 244 g/mol. The highest BCUT2D eigenvalue weighted by Crippen LogP contribution is 2.33. The normalized spacial score (nSPS) is 31.9. The van der Waals surface area contributed by atoms with E-state index in [1.54, 1.807) is 0 Å². The molecule has 17 heavy (non-hydrogen) atoms. The average molecular weight is 244 g/mol. The topological polar surface area (TPSA) is 38.7 Å². The lowest BCUT2D eigenvalue weighted by Crippen LogP contribution is -2.59. The number of aliphatic hydroxyl groups is 1. The van der Waals surface area contributed by atoms with Crippen LogP contribution in [0.15, 0.2) is 0 Å². The van der Waals surface area contributed by atoms with Crippen LogP contribution in [0.1, 0.15) is 19.3 Å². The molecule has 3 aliphatic rings. The van der Waals surface area contributed by atoms with Crippen LogP contribution in [0.2, 0.25) is 0 Å². The van der Waals surface area contributed by atoms with Gasteiger partial charge >= 0.3 is 0 Å². The van der Waals surface area contributed by atoms with Gasteiger partial charge < -0.3 is 19.1 Å². The van der Waals surface area contributed by atoms with Crippen LogP contribution in [-0.4, -0.2) is 68.8 Å². The quantitative estimate of drug-likeness (QED) is 0.503. The van der Waals surface area contributed by atoms with Crippen LogP contribution in [0, 0.1) is 5.92 Å². The molecule has 100 valence electrons. The van der Waals surface area contributed by atoms with Crippen LogP contribution in [0.25, 0.3) is 0 Å². The summed E-state index contributed by atoms with van der Waals surface area (Å²) in [4.78, 5) is 0. The van der Waals surface area contributed by atoms with E-state index in [0.29, 0.717) is 19.8 Å². The van der Waals surface area contributed by atoms with Crippen molar-refractivity contribution in [1.82, 2.24) is 0 Å². The van der Waals surface area contributed by atoms with E-state index in [-0.39, 0.29) is 6.61 Å². The van der Waals surface area contributed by atoms with E-state index in [4.69, 9.17) is 14.6 Å². The van der Waals surface area contributed by atoms with E-state index in [1.807, 2.05) is 0 Å². The van der Waals surface area contributed by atoms with Gasteiger partial charge in [0.1, 0.15) is 6.54 Å². The Bertz CT molecular complexity index is 201. The molecule has 0 spiro atoms. The van der Waals surface area contributed by atoms with E-state index in [9.17, 15) is 0 Å². The van der Waals surface area contributed by atoms with Gasteiger partial charge in [-0.25, -0.2) is 0 Å². The van der Waals surface area contributed by atoms with Crippen molar-refractivity contribution in [2.45, 2.75) is 19.3 Å². The maximum absolute atomic E-state index is 8.54. The first-order chi connectivity index (χ1) is 8.35. The smallest absolute Gasteiger partial charge is 0.102 e. The zero-order valence-corrected chi connectivity index (χ0v) is 10.8. The van der Waals surface area contributed by atoms with Gasteiger partial charge in [-0.3, -0.25) is 0 Å². The van der Waals surface area contributed by atoms with Gasteiger partial charge in [0, 0.05) is 0 Å². The molecule has 3 saturated heterocycles. The number of rotatable bonds is 8. The van der Waals surface area contributed by atoms with E-state index in [1.165, 1.54) is 49.9 Å². The summed E-state index contributed by atoms with van der Waals surface area (Å²) in [5.74, 6) is 1.03. The van der Waals surface area contributed by atoms with Gasteiger partial charge in [-0.15, -0.1) is 0 Å². The van der Waals surface area contributed by atoms with E-state index < -0.39 is 0 Å². The van der Waals surface area contributed by atoms with Gasteiger partial charge in [0.15, 0.2) is 0 Å². The molecular formula is C13H26NO3+. The van der Waals surface area contributed by atoms with Gasteiger partial charge in [0.2, 0.25) is 0 Å². The third kappa shape index (κ3) is 3.91.